The van der Waals surface area contributed by atoms with Gasteiger partial charge in [-0.05, 0) is 37.0 Å². The van der Waals surface area contributed by atoms with Gasteiger partial charge >= 0.3 is 0 Å². The Balaban J connectivity index is 2.95. The second-order valence-corrected chi connectivity index (χ2v) is 3.79. The van der Waals surface area contributed by atoms with Crippen molar-refractivity contribution in [1.29, 1.82) is 0 Å². The van der Waals surface area contributed by atoms with E-state index >= 15 is 0 Å². The van der Waals surface area contributed by atoms with E-state index in [0.717, 1.165) is 12.8 Å². The van der Waals surface area contributed by atoms with Gasteiger partial charge in [-0.25, -0.2) is 5.26 Å². The van der Waals surface area contributed by atoms with Gasteiger partial charge in [0.1, 0.15) is 0 Å². The first-order chi connectivity index (χ1) is 6.67. The Morgan fingerprint density at radius 3 is 2.71 bits per heavy atom. The van der Waals surface area contributed by atoms with Gasteiger partial charge in [0.15, 0.2) is 5.76 Å². The SMILES string of the molecule is CCCC1=CC(OO)=CC(C)C=C1C. The van der Waals surface area contributed by atoms with Gasteiger partial charge in [-0.3, -0.25) is 0 Å². The van der Waals surface area contributed by atoms with E-state index < -0.39 is 0 Å². The third kappa shape index (κ3) is 2.74. The van der Waals surface area contributed by atoms with E-state index in [0.29, 0.717) is 11.7 Å². The largest absolute Gasteiger partial charge is 0.341 e. The predicted molar refractivity (Wildman–Crippen MR) is 57.7 cm³/mol. The average molecular weight is 194 g/mol. The van der Waals surface area contributed by atoms with Crippen LogP contribution in [0.15, 0.2) is 35.1 Å². The van der Waals surface area contributed by atoms with Crippen LogP contribution in [0.4, 0.5) is 0 Å². The molecule has 78 valence electrons. The number of allylic oxidation sites excluding steroid dienone is 5. The molecule has 1 atom stereocenters. The number of hydrogen-bond acceptors (Lipinski definition) is 2. The summed E-state index contributed by atoms with van der Waals surface area (Å²) in [6, 6.07) is 0. The minimum Gasteiger partial charge on any atom is -0.341 e. The van der Waals surface area contributed by atoms with Crippen LogP contribution in [-0.2, 0) is 4.89 Å². The van der Waals surface area contributed by atoms with Crippen molar-refractivity contribution in [3.63, 3.8) is 0 Å². The van der Waals surface area contributed by atoms with Crippen molar-refractivity contribution in [3.05, 3.63) is 35.1 Å². The number of rotatable bonds is 3. The fourth-order valence-corrected chi connectivity index (χ4v) is 1.74. The molecule has 0 heterocycles. The van der Waals surface area contributed by atoms with Crippen LogP contribution in [0.1, 0.15) is 33.6 Å². The first kappa shape index (κ1) is 11.1. The molecule has 1 aliphatic carbocycles. The lowest BCUT2D eigenvalue weighted by atomic mass is 10.0. The van der Waals surface area contributed by atoms with E-state index in [1.165, 1.54) is 11.1 Å². The molecule has 2 nitrogen and oxygen atoms in total. The summed E-state index contributed by atoms with van der Waals surface area (Å²) in [7, 11) is 0. The topological polar surface area (TPSA) is 29.5 Å². The van der Waals surface area contributed by atoms with Crippen molar-refractivity contribution in [2.24, 2.45) is 5.92 Å². The molecule has 0 bridgehead atoms. The van der Waals surface area contributed by atoms with E-state index in [1.807, 2.05) is 12.2 Å². The molecule has 0 aliphatic heterocycles. The zero-order chi connectivity index (χ0) is 10.6. The Morgan fingerprint density at radius 2 is 2.14 bits per heavy atom. The van der Waals surface area contributed by atoms with Gasteiger partial charge in [0.25, 0.3) is 0 Å². The highest BCUT2D eigenvalue weighted by molar-refractivity contribution is 5.38. The Labute approximate surface area is 85.5 Å². The molecule has 1 unspecified atom stereocenters. The third-order valence-corrected chi connectivity index (χ3v) is 2.39. The summed E-state index contributed by atoms with van der Waals surface area (Å²) in [5.74, 6) is 0.858. The van der Waals surface area contributed by atoms with Gasteiger partial charge in [0, 0.05) is 0 Å². The molecule has 0 saturated carbocycles. The highest BCUT2D eigenvalue weighted by Crippen LogP contribution is 2.24. The van der Waals surface area contributed by atoms with Crippen LogP contribution in [-0.4, -0.2) is 5.26 Å². The Hall–Kier alpha value is -1.02. The van der Waals surface area contributed by atoms with Crippen LogP contribution in [0, 0.1) is 5.92 Å². The maximum Gasteiger partial charge on any atom is 0.162 e. The van der Waals surface area contributed by atoms with Gasteiger partial charge in [-0.15, -0.1) is 0 Å². The molecular weight excluding hydrogens is 176 g/mol. The lowest BCUT2D eigenvalue weighted by Gasteiger charge is -2.05. The summed E-state index contributed by atoms with van der Waals surface area (Å²) in [4.78, 5) is 4.32. The van der Waals surface area contributed by atoms with Crippen LogP contribution in [0.2, 0.25) is 0 Å². The standard InChI is InChI=1S/C12H18O2/c1-4-5-11-8-12(14-13)7-9(2)6-10(11)3/h6-9,13H,4-5H2,1-3H3. The summed E-state index contributed by atoms with van der Waals surface area (Å²) >= 11 is 0. The molecule has 0 amide bonds. The molecule has 14 heavy (non-hydrogen) atoms. The van der Waals surface area contributed by atoms with Crippen molar-refractivity contribution in [2.75, 3.05) is 0 Å². The van der Waals surface area contributed by atoms with Crippen molar-refractivity contribution in [1.82, 2.24) is 0 Å². The van der Waals surface area contributed by atoms with E-state index in [4.69, 9.17) is 5.26 Å². The zero-order valence-electron chi connectivity index (χ0n) is 9.08. The molecule has 0 aromatic rings. The molecule has 1 aliphatic rings. The highest BCUT2D eigenvalue weighted by Gasteiger charge is 2.09. The van der Waals surface area contributed by atoms with Crippen molar-refractivity contribution in [2.45, 2.75) is 33.6 Å². The van der Waals surface area contributed by atoms with Crippen molar-refractivity contribution >= 4 is 0 Å². The Kier molecular flexibility index (Phi) is 3.96. The van der Waals surface area contributed by atoms with Crippen LogP contribution < -0.4 is 0 Å². The van der Waals surface area contributed by atoms with Crippen LogP contribution in [0.3, 0.4) is 0 Å². The third-order valence-electron chi connectivity index (χ3n) is 2.39. The van der Waals surface area contributed by atoms with E-state index in [9.17, 15) is 0 Å². The summed E-state index contributed by atoms with van der Waals surface area (Å²) in [5.41, 5.74) is 2.53. The maximum absolute atomic E-state index is 8.67. The predicted octanol–water partition coefficient (Wildman–Crippen LogP) is 3.68. The Bertz CT molecular complexity index is 285. The quantitative estimate of drug-likeness (QED) is 0.548. The lowest BCUT2D eigenvalue weighted by molar-refractivity contribution is -0.198. The van der Waals surface area contributed by atoms with E-state index in [1.54, 1.807) is 0 Å². The van der Waals surface area contributed by atoms with Gasteiger partial charge in [-0.1, -0.05) is 31.9 Å². The second-order valence-electron chi connectivity index (χ2n) is 3.79. The zero-order valence-corrected chi connectivity index (χ0v) is 9.08. The molecule has 0 saturated heterocycles. The van der Waals surface area contributed by atoms with Gasteiger partial charge in [0.05, 0.1) is 0 Å². The molecular formula is C12H18O2. The molecule has 0 fully saturated rings. The van der Waals surface area contributed by atoms with Crippen LogP contribution in [0.25, 0.3) is 0 Å². The maximum atomic E-state index is 8.67. The normalized spacial score (nSPS) is 22.0. The van der Waals surface area contributed by atoms with Crippen LogP contribution in [0.5, 0.6) is 0 Å². The number of hydrogen-bond donors (Lipinski definition) is 1. The fourth-order valence-electron chi connectivity index (χ4n) is 1.74. The molecule has 2 heteroatoms. The van der Waals surface area contributed by atoms with E-state index in [-0.39, 0.29) is 0 Å². The first-order valence-corrected chi connectivity index (χ1v) is 5.10. The molecule has 0 radical (unpaired) electrons. The minimum absolute atomic E-state index is 0.308. The summed E-state index contributed by atoms with van der Waals surface area (Å²) in [5, 5.41) is 8.67. The van der Waals surface area contributed by atoms with Gasteiger partial charge < -0.3 is 4.89 Å². The molecule has 0 aromatic heterocycles. The molecule has 1 rings (SSSR count). The second kappa shape index (κ2) is 5.01. The smallest absolute Gasteiger partial charge is 0.162 e. The summed E-state index contributed by atoms with van der Waals surface area (Å²) in [6.45, 7) is 6.32. The van der Waals surface area contributed by atoms with Gasteiger partial charge in [0.2, 0.25) is 0 Å². The molecule has 0 spiro atoms. The highest BCUT2D eigenvalue weighted by atomic mass is 17.1. The molecule has 0 aromatic carbocycles. The van der Waals surface area contributed by atoms with Gasteiger partial charge in [-0.2, -0.15) is 0 Å². The van der Waals surface area contributed by atoms with Crippen molar-refractivity contribution in [3.8, 4) is 0 Å². The van der Waals surface area contributed by atoms with Crippen LogP contribution >= 0.6 is 0 Å². The Morgan fingerprint density at radius 1 is 1.43 bits per heavy atom. The fraction of sp³-hybridized carbons (Fsp3) is 0.500. The van der Waals surface area contributed by atoms with Crippen molar-refractivity contribution < 1.29 is 10.1 Å². The average Bonchev–Trinajstić information content (AvgIpc) is 2.27. The summed E-state index contributed by atoms with van der Waals surface area (Å²) < 4.78 is 0. The minimum atomic E-state index is 0.308. The van der Waals surface area contributed by atoms with E-state index in [2.05, 4.69) is 31.7 Å². The lowest BCUT2D eigenvalue weighted by Crippen LogP contribution is -1.87. The first-order valence-electron chi connectivity index (χ1n) is 5.10. The molecule has 1 N–H and O–H groups in total. The summed E-state index contributed by atoms with van der Waals surface area (Å²) in [6.07, 6.45) is 8.14. The monoisotopic (exact) mass is 194 g/mol.